The first-order chi connectivity index (χ1) is 44.8. The van der Waals surface area contributed by atoms with Crippen molar-refractivity contribution in [2.75, 3.05) is 52.9 Å². The number of benzene rings is 4. The molecule has 10 rings (SSSR count). The van der Waals surface area contributed by atoms with Gasteiger partial charge in [-0.3, -0.25) is 53.8 Å². The first-order valence-electron chi connectivity index (χ1n) is 30.2. The van der Waals surface area contributed by atoms with Crippen LogP contribution in [0.2, 0.25) is 0 Å². The van der Waals surface area contributed by atoms with Gasteiger partial charge in [0.1, 0.15) is 47.6 Å². The van der Waals surface area contributed by atoms with Crippen LogP contribution in [-0.2, 0) is 80.0 Å². The summed E-state index contributed by atoms with van der Waals surface area (Å²) in [5.41, 5.74) is 3.90. The van der Waals surface area contributed by atoms with E-state index in [4.69, 9.17) is 4.74 Å². The average molecular weight is 1500 g/mol. The van der Waals surface area contributed by atoms with Crippen LogP contribution in [0.25, 0.3) is 21.8 Å². The predicted octanol–water partition coefficient (Wildman–Crippen LogP) is 3.31. The Hall–Kier alpha value is -9.01. The van der Waals surface area contributed by atoms with Crippen LogP contribution in [0.5, 0.6) is 5.75 Å². The van der Waals surface area contributed by atoms with Crippen LogP contribution in [0.1, 0.15) is 60.1 Å². The molecule has 5 atom stereocenters. The van der Waals surface area contributed by atoms with Crippen LogP contribution in [0.15, 0.2) is 116 Å². The van der Waals surface area contributed by atoms with E-state index in [1.807, 2.05) is 28.9 Å². The fourth-order valence-electron chi connectivity index (χ4n) is 11.2. The lowest BCUT2D eigenvalue weighted by molar-refractivity contribution is -0.144. The number of halogens is 4. The van der Waals surface area contributed by atoms with Gasteiger partial charge in [0.2, 0.25) is 47.3 Å². The maximum Gasteiger partial charge on any atom is 0.257 e. The number of rotatable bonds is 8. The van der Waals surface area contributed by atoms with Crippen molar-refractivity contribution >= 4 is 127 Å². The Balaban J connectivity index is 0.989. The van der Waals surface area contributed by atoms with Gasteiger partial charge in [0.05, 0.1) is 77.2 Å². The van der Waals surface area contributed by atoms with Crippen molar-refractivity contribution in [2.24, 2.45) is 0 Å². The fraction of sp³-hybridized carbons (Fsp3) is 0.359. The molecule has 3 aliphatic heterocycles. The Morgan fingerprint density at radius 3 is 2.04 bits per heavy atom. The summed E-state index contributed by atoms with van der Waals surface area (Å²) < 4.78 is 38.3. The second kappa shape index (κ2) is 32.5. The zero-order chi connectivity index (χ0) is 66.1. The molecule has 1 fully saturated rings. The van der Waals surface area contributed by atoms with Crippen molar-refractivity contribution in [3.8, 4) is 5.75 Å². The number of nitrogens with one attached hydrogen (secondary N) is 9. The lowest BCUT2D eigenvalue weighted by Crippen LogP contribution is -2.58. The Morgan fingerprint density at radius 2 is 1.30 bits per heavy atom. The summed E-state index contributed by atoms with van der Waals surface area (Å²) in [6.45, 7) is -1.49. The Morgan fingerprint density at radius 1 is 0.602 bits per heavy atom. The smallest absolute Gasteiger partial charge is 0.257 e. The zero-order valence-corrected chi connectivity index (χ0v) is 54.9. The largest absolute Gasteiger partial charge is 0.484 e. The number of carbonyl (C=O) groups excluding carboxylic acids is 10. The molecule has 0 aliphatic carbocycles. The highest BCUT2D eigenvalue weighted by Crippen LogP contribution is 2.29. The second-order valence-corrected chi connectivity index (χ2v) is 24.7. The molecule has 10 amide bonds. The molecular weight excluding hydrogens is 1430 g/mol. The van der Waals surface area contributed by atoms with Gasteiger partial charge in [0.25, 0.3) is 11.8 Å². The summed E-state index contributed by atoms with van der Waals surface area (Å²) >= 11 is 3.75. The molecule has 2 bridgehead atoms. The van der Waals surface area contributed by atoms with E-state index >= 15 is 9.59 Å². The van der Waals surface area contributed by atoms with Crippen LogP contribution >= 0.6 is 45.7 Å². The van der Waals surface area contributed by atoms with Crippen LogP contribution < -0.4 is 42.0 Å². The fourth-order valence-corrected chi connectivity index (χ4v) is 12.7. The number of aromatic nitrogens is 4. The maximum atomic E-state index is 15.1. The zero-order valence-electron chi connectivity index (χ0n) is 50.6. The average Bonchev–Trinajstić information content (AvgIpc) is 1.73. The number of likely N-dealkylation sites (N-methyl/N-ethyl adjacent to an activating group) is 1. The van der Waals surface area contributed by atoms with Crippen molar-refractivity contribution < 1.29 is 61.5 Å². The number of H-pyrrole nitrogens is 2. The summed E-state index contributed by atoms with van der Waals surface area (Å²) in [4.78, 5) is 153. The first kappa shape index (κ1) is 68.4. The van der Waals surface area contributed by atoms with Gasteiger partial charge in [0, 0.05) is 99.4 Å². The third-order valence-electron chi connectivity index (χ3n) is 16.1. The van der Waals surface area contributed by atoms with E-state index in [2.05, 4.69) is 52.2 Å². The Kier molecular flexibility index (Phi) is 23.9. The lowest BCUT2D eigenvalue weighted by Gasteiger charge is -2.33. The van der Waals surface area contributed by atoms with E-state index in [0.29, 0.717) is 82.0 Å². The first-order valence-corrected chi connectivity index (χ1v) is 32.2. The minimum absolute atomic E-state index is 0.0223. The number of ether oxygens (including phenoxy) is 1. The number of aromatic amines is 2. The number of hydrogen-bond acceptors (Lipinski definition) is 12. The SMILES string of the molecule is CN1C(=O)[C@H](Cc2cn(I)c3ccc(F)cc23)NC(=O)CNC(=O)CNC(=O)CCCCNC(=O)COc2ccc(cc2)CCNC(=O)C2CCCN2C(=O)[C@@H](Cc2ccccc2)N(I)C(=O)[C@H](Cc2cnc[nH]2)NC(=O)CNC(=O)[C@@H]1Cc1c[nH]c2ccc(F)cc12. The van der Waals surface area contributed by atoms with Crippen molar-refractivity contribution in [2.45, 2.75) is 94.4 Å². The van der Waals surface area contributed by atoms with E-state index < -0.39 is 109 Å². The molecule has 0 saturated carbocycles. The molecule has 0 radical (unpaired) electrons. The molecule has 3 aliphatic rings. The summed E-state index contributed by atoms with van der Waals surface area (Å²) in [5, 5.41) is 19.4. The summed E-state index contributed by atoms with van der Waals surface area (Å²) in [7, 11) is 1.30. The molecule has 25 nitrogen and oxygen atoms in total. The van der Waals surface area contributed by atoms with Crippen molar-refractivity contribution in [1.82, 2.24) is 67.9 Å². The van der Waals surface area contributed by atoms with Gasteiger partial charge < -0.3 is 61.7 Å². The minimum Gasteiger partial charge on any atom is -0.484 e. The monoisotopic (exact) mass is 1500 g/mol. The molecular formula is C64H70F2I2N14O11. The maximum absolute atomic E-state index is 15.1. The molecule has 6 heterocycles. The predicted molar refractivity (Wildman–Crippen MR) is 354 cm³/mol. The number of imidazole rings is 1. The van der Waals surface area contributed by atoms with Crippen molar-refractivity contribution in [1.29, 1.82) is 0 Å². The van der Waals surface area contributed by atoms with Crippen molar-refractivity contribution in [3.63, 3.8) is 0 Å². The third-order valence-corrected chi connectivity index (χ3v) is 18.0. The van der Waals surface area contributed by atoms with Gasteiger partial charge in [-0.2, -0.15) is 0 Å². The van der Waals surface area contributed by atoms with E-state index in [1.54, 1.807) is 92.6 Å². The van der Waals surface area contributed by atoms with Gasteiger partial charge in [0.15, 0.2) is 6.61 Å². The van der Waals surface area contributed by atoms with Gasteiger partial charge >= 0.3 is 0 Å². The molecule has 1 saturated heterocycles. The van der Waals surface area contributed by atoms with Crippen LogP contribution in [0, 0.1) is 11.6 Å². The number of amides is 10. The highest BCUT2D eigenvalue weighted by atomic mass is 127. The van der Waals surface area contributed by atoms with Crippen LogP contribution in [0.4, 0.5) is 8.78 Å². The number of carbonyl (C=O) groups is 10. The minimum atomic E-state index is -1.50. The highest BCUT2D eigenvalue weighted by Gasteiger charge is 2.42. The molecule has 1 unspecified atom stereocenters. The number of nitrogens with zero attached hydrogens (tertiary/aromatic N) is 5. The van der Waals surface area contributed by atoms with Gasteiger partial charge in [-0.25, -0.2) is 13.8 Å². The summed E-state index contributed by atoms with van der Waals surface area (Å²) in [6, 6.07) is 17.7. The topological polar surface area (TPSA) is 323 Å². The molecule has 0 spiro atoms. The third kappa shape index (κ3) is 18.6. The lowest BCUT2D eigenvalue weighted by atomic mass is 10.00. The molecule has 9 N–H and O–H groups in total. The van der Waals surface area contributed by atoms with E-state index in [1.165, 1.54) is 57.9 Å². The molecule has 490 valence electrons. The normalized spacial score (nSPS) is 20.9. The van der Waals surface area contributed by atoms with Crippen LogP contribution in [0.3, 0.4) is 0 Å². The van der Waals surface area contributed by atoms with Gasteiger partial charge in [-0.1, -0.05) is 42.5 Å². The van der Waals surface area contributed by atoms with Gasteiger partial charge in [-0.15, -0.1) is 0 Å². The molecule has 29 heteroatoms. The quantitative estimate of drug-likeness (QED) is 0.0602. The summed E-state index contributed by atoms with van der Waals surface area (Å²) in [6.07, 6.45) is 7.49. The van der Waals surface area contributed by atoms with Crippen LogP contribution in [-0.4, -0.2) is 173 Å². The number of fused-ring (bicyclic) bond motifs is 36. The van der Waals surface area contributed by atoms with E-state index in [-0.39, 0.29) is 70.2 Å². The molecule has 93 heavy (non-hydrogen) atoms. The van der Waals surface area contributed by atoms with E-state index in [9.17, 15) is 47.1 Å². The summed E-state index contributed by atoms with van der Waals surface area (Å²) in [5.74, 6) is -7.34. The molecule has 3 aromatic heterocycles. The number of hydrogen-bond donors (Lipinski definition) is 9. The second-order valence-electron chi connectivity index (χ2n) is 22.6. The van der Waals surface area contributed by atoms with Crippen molar-refractivity contribution in [3.05, 3.63) is 155 Å². The Bertz CT molecular complexity index is 3850. The molecule has 4 aromatic carbocycles. The highest BCUT2D eigenvalue weighted by molar-refractivity contribution is 14.1. The van der Waals surface area contributed by atoms with E-state index in [0.717, 1.165) is 10.5 Å². The Labute approximate surface area is 561 Å². The van der Waals surface area contributed by atoms with Gasteiger partial charge in [-0.05, 0) is 103 Å². The standard InChI is InChI=1S/C64H70F2I2N14O11/c1-79-53(26-40-30-72-48-18-14-42(65)27-46(40)48)61(89)75-34-58(86)78-50(29-44-31-69-37-76-44)63(91)82(68)54(24-39-8-3-2-4-9-39)64(92)80-23-7-10-52(80)60(88)71-22-20-38-12-16-45(17-13-38)93-36-59(87)70-21-6-5-11-55(83)73-32-56(84)74-33-57(85)77-49(62(79)90)25-41-35-81(67)51-19-15-43(66)28-47(41)51/h2-4,8-9,12-19,27-28,30-31,35,37,49-50,52-54,72H,5-7,10-11,20-26,29,32-34,36H2,1H3,(H,69,76)(H,70,87)(H,71,88)(H,73,83)(H,74,84)(H,75,89)(H,77,85)(H,78,86)/t49-,50-,52?,53-,54+/m0/s1. The molecule has 7 aromatic rings.